The summed E-state index contributed by atoms with van der Waals surface area (Å²) in [5.41, 5.74) is 3.98. The van der Waals surface area contributed by atoms with Crippen LogP contribution in [0, 0.1) is 10.8 Å². The number of hydrogen-bond acceptors (Lipinski definition) is 4. The van der Waals surface area contributed by atoms with Gasteiger partial charge in [-0.2, -0.15) is 0 Å². The second-order valence-electron chi connectivity index (χ2n) is 11.8. The van der Waals surface area contributed by atoms with Crippen molar-refractivity contribution in [2.24, 2.45) is 10.8 Å². The third-order valence-electron chi connectivity index (χ3n) is 7.26. The van der Waals surface area contributed by atoms with Gasteiger partial charge < -0.3 is 10.1 Å². The van der Waals surface area contributed by atoms with Crippen molar-refractivity contribution in [1.82, 2.24) is 5.32 Å². The van der Waals surface area contributed by atoms with Crippen LogP contribution in [0.25, 0.3) is 0 Å². The summed E-state index contributed by atoms with van der Waals surface area (Å²) in [7, 11) is 0. The number of halogens is 1. The molecule has 0 spiro atoms. The molecule has 1 N–H and O–H groups in total. The van der Waals surface area contributed by atoms with Crippen LogP contribution in [0.3, 0.4) is 0 Å². The van der Waals surface area contributed by atoms with Crippen molar-refractivity contribution < 1.29 is 14.3 Å². The van der Waals surface area contributed by atoms with Crippen molar-refractivity contribution >= 4 is 23.2 Å². The number of unbranched alkanes of at least 4 members (excludes halogenated alkanes) is 3. The van der Waals surface area contributed by atoms with Gasteiger partial charge in [0.15, 0.2) is 11.6 Å². The van der Waals surface area contributed by atoms with Crippen LogP contribution >= 0.6 is 11.6 Å². The number of hydrogen-bond donors (Lipinski definition) is 1. The summed E-state index contributed by atoms with van der Waals surface area (Å²) < 4.78 is 6.26. The molecule has 0 fully saturated rings. The van der Waals surface area contributed by atoms with Crippen LogP contribution in [0.15, 0.2) is 40.7 Å². The maximum absolute atomic E-state index is 13.6. The highest BCUT2D eigenvalue weighted by Crippen LogP contribution is 2.52. The Balaban J connectivity index is 1.81. The van der Waals surface area contributed by atoms with E-state index in [9.17, 15) is 9.59 Å². The van der Waals surface area contributed by atoms with Crippen molar-refractivity contribution in [2.45, 2.75) is 91.9 Å². The van der Waals surface area contributed by atoms with Gasteiger partial charge in [-0.15, -0.1) is 0 Å². The molecule has 5 heteroatoms. The van der Waals surface area contributed by atoms with Crippen LogP contribution < -0.4 is 10.1 Å². The summed E-state index contributed by atoms with van der Waals surface area (Å²) in [6.07, 6.45) is 6.97. The summed E-state index contributed by atoms with van der Waals surface area (Å²) in [5.74, 6) is 0.521. The predicted octanol–water partition coefficient (Wildman–Crippen LogP) is 7.27. The topological polar surface area (TPSA) is 55.4 Å². The van der Waals surface area contributed by atoms with E-state index in [2.05, 4.69) is 39.9 Å². The molecule has 1 aromatic rings. The Morgan fingerprint density at radius 1 is 0.912 bits per heavy atom. The molecule has 0 unspecified atom stereocenters. The predicted molar refractivity (Wildman–Crippen MR) is 137 cm³/mol. The Kier molecular flexibility index (Phi) is 7.01. The molecule has 0 aromatic heterocycles. The second-order valence-corrected chi connectivity index (χ2v) is 12.3. The Morgan fingerprint density at radius 3 is 2.06 bits per heavy atom. The van der Waals surface area contributed by atoms with Gasteiger partial charge in [0.05, 0.1) is 6.61 Å². The molecule has 0 saturated carbocycles. The van der Waals surface area contributed by atoms with Gasteiger partial charge >= 0.3 is 0 Å². The minimum atomic E-state index is -0.428. The second kappa shape index (κ2) is 9.53. The molecule has 1 aromatic carbocycles. The molecule has 4 rings (SSSR count). The first-order valence-electron chi connectivity index (χ1n) is 12.7. The van der Waals surface area contributed by atoms with Gasteiger partial charge in [-0.05, 0) is 48.3 Å². The molecule has 0 atom stereocenters. The van der Waals surface area contributed by atoms with E-state index in [4.69, 9.17) is 16.3 Å². The molecule has 4 nitrogen and oxygen atoms in total. The molecule has 184 valence electrons. The minimum Gasteiger partial charge on any atom is -0.493 e. The van der Waals surface area contributed by atoms with Crippen LogP contribution in [0.1, 0.15) is 97.5 Å². The van der Waals surface area contributed by atoms with Gasteiger partial charge in [-0.3, -0.25) is 9.59 Å². The number of Topliss-reactive ketones (excluding diaryl/α,β-unsaturated/α-hetero) is 2. The van der Waals surface area contributed by atoms with Crippen molar-refractivity contribution in [3.05, 3.63) is 51.3 Å². The van der Waals surface area contributed by atoms with Crippen molar-refractivity contribution in [2.75, 3.05) is 6.61 Å². The summed E-state index contributed by atoms with van der Waals surface area (Å²) in [6, 6.07) is 5.62. The quantitative estimate of drug-likeness (QED) is 0.414. The third-order valence-corrected chi connectivity index (χ3v) is 7.49. The van der Waals surface area contributed by atoms with Gasteiger partial charge in [0, 0.05) is 51.9 Å². The van der Waals surface area contributed by atoms with Crippen molar-refractivity contribution in [3.63, 3.8) is 0 Å². The summed E-state index contributed by atoms with van der Waals surface area (Å²) >= 11 is 6.48. The Hall–Kier alpha value is -2.07. The fourth-order valence-corrected chi connectivity index (χ4v) is 5.97. The third kappa shape index (κ3) is 5.12. The first-order chi connectivity index (χ1) is 16.0. The Morgan fingerprint density at radius 2 is 1.50 bits per heavy atom. The number of dihydropyridines is 1. The Labute approximate surface area is 209 Å². The summed E-state index contributed by atoms with van der Waals surface area (Å²) in [5, 5.41) is 4.16. The largest absolute Gasteiger partial charge is 0.493 e. The monoisotopic (exact) mass is 483 g/mol. The van der Waals surface area contributed by atoms with Crippen LogP contribution in [0.5, 0.6) is 5.75 Å². The lowest BCUT2D eigenvalue weighted by Gasteiger charge is -2.44. The highest BCUT2D eigenvalue weighted by Gasteiger charge is 2.47. The molecule has 1 heterocycles. The van der Waals surface area contributed by atoms with Gasteiger partial charge in [-0.1, -0.05) is 65.5 Å². The number of nitrogens with one attached hydrogen (secondary N) is 1. The molecule has 1 aliphatic heterocycles. The van der Waals surface area contributed by atoms with E-state index in [0.717, 1.165) is 59.5 Å². The average molecular weight is 484 g/mol. The lowest BCUT2D eigenvalue weighted by atomic mass is 9.64. The van der Waals surface area contributed by atoms with E-state index < -0.39 is 5.92 Å². The number of rotatable bonds is 7. The number of carbonyl (C=O) groups excluding carboxylic acids is 2. The lowest BCUT2D eigenvalue weighted by molar-refractivity contribution is -0.119. The fraction of sp³-hybridized carbons (Fsp3) is 0.586. The molecule has 3 aliphatic rings. The average Bonchev–Trinajstić information content (AvgIpc) is 2.71. The highest BCUT2D eigenvalue weighted by molar-refractivity contribution is 6.30. The molecule has 2 aliphatic carbocycles. The van der Waals surface area contributed by atoms with Gasteiger partial charge in [0.25, 0.3) is 0 Å². The molecule has 0 radical (unpaired) electrons. The molecule has 0 amide bonds. The number of allylic oxidation sites excluding steroid dienone is 4. The highest BCUT2D eigenvalue weighted by atomic mass is 35.5. The lowest BCUT2D eigenvalue weighted by Crippen LogP contribution is -2.42. The van der Waals surface area contributed by atoms with Crippen LogP contribution in [0.4, 0.5) is 0 Å². The van der Waals surface area contributed by atoms with Crippen LogP contribution in [-0.2, 0) is 9.59 Å². The van der Waals surface area contributed by atoms with Crippen molar-refractivity contribution in [3.8, 4) is 5.75 Å². The van der Waals surface area contributed by atoms with E-state index in [1.807, 2.05) is 18.2 Å². The molecular weight excluding hydrogens is 446 g/mol. The zero-order valence-corrected chi connectivity index (χ0v) is 22.0. The van der Waals surface area contributed by atoms with E-state index in [1.165, 1.54) is 12.8 Å². The van der Waals surface area contributed by atoms with Crippen molar-refractivity contribution in [1.29, 1.82) is 0 Å². The van der Waals surface area contributed by atoms with E-state index in [0.29, 0.717) is 24.5 Å². The molecule has 34 heavy (non-hydrogen) atoms. The molecular formula is C29H38ClNO3. The smallest absolute Gasteiger partial charge is 0.162 e. The first kappa shape index (κ1) is 25.0. The van der Waals surface area contributed by atoms with Gasteiger partial charge in [0.1, 0.15) is 5.75 Å². The number of carbonyl (C=O) groups is 2. The zero-order chi connectivity index (χ0) is 24.7. The van der Waals surface area contributed by atoms with Crippen LogP contribution in [-0.4, -0.2) is 18.2 Å². The minimum absolute atomic E-state index is 0.113. The summed E-state index contributed by atoms with van der Waals surface area (Å²) in [6.45, 7) is 11.3. The molecule has 0 saturated heterocycles. The standard InChI is InChI=1S/C29H38ClNO3/c1-6-7-8-9-12-34-24-11-10-18(30)13-19(24)25-26-20(14-28(2,3)16-22(26)32)31-21-15-29(4,5)17-23(33)27(21)25/h10-11,13,25,31H,6-9,12,14-17H2,1-5H3. The fourth-order valence-electron chi connectivity index (χ4n) is 5.79. The van der Waals surface area contributed by atoms with E-state index in [-0.39, 0.29) is 22.4 Å². The Bertz CT molecular complexity index is 1010. The van der Waals surface area contributed by atoms with Crippen LogP contribution in [0.2, 0.25) is 5.02 Å². The van der Waals surface area contributed by atoms with Gasteiger partial charge in [0.2, 0.25) is 0 Å². The maximum atomic E-state index is 13.6. The number of ether oxygens (including phenoxy) is 1. The first-order valence-corrected chi connectivity index (χ1v) is 13.1. The van der Waals surface area contributed by atoms with Gasteiger partial charge in [-0.25, -0.2) is 0 Å². The number of benzene rings is 1. The SMILES string of the molecule is CCCCCCOc1ccc(Cl)cc1C1C2=C(CC(C)(C)CC2=O)NC2=C1C(=O)CC(C)(C)C2. The number of ketones is 2. The van der Waals surface area contributed by atoms with E-state index in [1.54, 1.807) is 0 Å². The normalized spacial score (nSPS) is 21.8. The maximum Gasteiger partial charge on any atom is 0.162 e. The zero-order valence-electron chi connectivity index (χ0n) is 21.3. The summed E-state index contributed by atoms with van der Waals surface area (Å²) in [4.78, 5) is 27.1. The van der Waals surface area contributed by atoms with E-state index >= 15 is 0 Å². The molecule has 0 bridgehead atoms.